The first kappa shape index (κ1) is 19.2. The lowest BCUT2D eigenvalue weighted by Gasteiger charge is -2.21. The van der Waals surface area contributed by atoms with Crippen molar-refractivity contribution in [3.8, 4) is 11.5 Å². The largest absolute Gasteiger partial charge is 0.497 e. The average Bonchev–Trinajstić information content (AvgIpc) is 3.17. The van der Waals surface area contributed by atoms with Crippen LogP contribution in [0.2, 0.25) is 0 Å². The van der Waals surface area contributed by atoms with Crippen molar-refractivity contribution < 1.29 is 19.7 Å². The van der Waals surface area contributed by atoms with Crippen LogP contribution in [-0.2, 0) is 0 Å². The van der Waals surface area contributed by atoms with Gasteiger partial charge in [-0.2, -0.15) is 0 Å². The van der Waals surface area contributed by atoms with E-state index in [-0.39, 0.29) is 19.3 Å². The first-order valence-electron chi connectivity index (χ1n) is 9.06. The molecule has 144 valence electrons. The molecule has 4 N–H and O–H groups in total. The molecule has 0 radical (unpaired) electrons. The third kappa shape index (κ3) is 5.23. The predicted molar refractivity (Wildman–Crippen MR) is 105 cm³/mol. The monoisotopic (exact) mass is 370 g/mol. The van der Waals surface area contributed by atoms with Gasteiger partial charge < -0.3 is 30.0 Å². The molecule has 0 fully saturated rings. The van der Waals surface area contributed by atoms with Gasteiger partial charge in [-0.25, -0.2) is 0 Å². The van der Waals surface area contributed by atoms with Crippen molar-refractivity contribution in [2.45, 2.75) is 18.6 Å². The Morgan fingerprint density at radius 2 is 1.85 bits per heavy atom. The first-order chi connectivity index (χ1) is 13.2. The second-order valence-corrected chi connectivity index (χ2v) is 6.44. The number of ether oxygens (including phenoxy) is 2. The lowest BCUT2D eigenvalue weighted by atomic mass is 10.0. The normalized spacial score (nSPS) is 13.4. The van der Waals surface area contributed by atoms with Crippen LogP contribution in [0, 0.1) is 0 Å². The number of aromatic nitrogens is 1. The lowest BCUT2D eigenvalue weighted by Crippen LogP contribution is -2.34. The molecule has 0 saturated carbocycles. The molecule has 1 heterocycles. The third-order valence-electron chi connectivity index (χ3n) is 4.50. The Labute approximate surface area is 158 Å². The van der Waals surface area contributed by atoms with E-state index in [0.29, 0.717) is 18.7 Å². The van der Waals surface area contributed by atoms with Crippen molar-refractivity contribution in [1.29, 1.82) is 0 Å². The Kier molecular flexibility index (Phi) is 6.70. The van der Waals surface area contributed by atoms with E-state index in [0.717, 1.165) is 22.2 Å². The van der Waals surface area contributed by atoms with E-state index in [1.807, 2.05) is 54.7 Å². The van der Waals surface area contributed by atoms with Crippen molar-refractivity contribution >= 4 is 10.9 Å². The average molecular weight is 370 g/mol. The van der Waals surface area contributed by atoms with E-state index in [1.54, 1.807) is 7.11 Å². The summed E-state index contributed by atoms with van der Waals surface area (Å²) in [5.41, 5.74) is 2.04. The maximum Gasteiger partial charge on any atom is 0.121 e. The number of H-pyrrole nitrogens is 1. The van der Waals surface area contributed by atoms with Gasteiger partial charge >= 0.3 is 0 Å². The zero-order chi connectivity index (χ0) is 19.1. The molecule has 0 saturated heterocycles. The summed E-state index contributed by atoms with van der Waals surface area (Å²) in [5.74, 6) is 1.50. The fraction of sp³-hybridized carbons (Fsp3) is 0.333. The molecule has 0 aliphatic heterocycles. The summed E-state index contributed by atoms with van der Waals surface area (Å²) >= 11 is 0. The number of hydrogen-bond donors (Lipinski definition) is 4. The number of methoxy groups -OCH3 is 1. The Morgan fingerprint density at radius 1 is 1.07 bits per heavy atom. The van der Waals surface area contributed by atoms with Crippen molar-refractivity contribution in [2.75, 3.05) is 26.9 Å². The van der Waals surface area contributed by atoms with Gasteiger partial charge in [0.05, 0.1) is 7.11 Å². The zero-order valence-electron chi connectivity index (χ0n) is 15.4. The molecule has 1 aromatic heterocycles. The van der Waals surface area contributed by atoms with Crippen LogP contribution in [0.25, 0.3) is 10.9 Å². The molecule has 2 aromatic carbocycles. The summed E-state index contributed by atoms with van der Waals surface area (Å²) < 4.78 is 10.9. The van der Waals surface area contributed by atoms with Crippen LogP contribution in [0.3, 0.4) is 0 Å². The quantitative estimate of drug-likeness (QED) is 0.441. The Hall–Kier alpha value is -2.54. The van der Waals surface area contributed by atoms with Gasteiger partial charge in [-0.1, -0.05) is 12.1 Å². The minimum Gasteiger partial charge on any atom is -0.497 e. The van der Waals surface area contributed by atoms with Crippen molar-refractivity contribution in [3.05, 3.63) is 60.3 Å². The SMILES string of the molecule is COc1ccc(C(CCO)NCC(O)COc2ccc3cc[nH]c3c2)cc1. The molecule has 6 heteroatoms. The third-order valence-corrected chi connectivity index (χ3v) is 4.50. The van der Waals surface area contributed by atoms with Gasteiger partial charge in [0.25, 0.3) is 0 Å². The number of aliphatic hydroxyl groups excluding tert-OH is 2. The maximum absolute atomic E-state index is 10.3. The molecule has 3 rings (SSSR count). The number of rotatable bonds is 10. The summed E-state index contributed by atoms with van der Waals surface area (Å²) in [5, 5.41) is 24.0. The fourth-order valence-electron chi connectivity index (χ4n) is 3.00. The van der Waals surface area contributed by atoms with Gasteiger partial charge in [0, 0.05) is 37.0 Å². The van der Waals surface area contributed by atoms with Gasteiger partial charge in [-0.05, 0) is 47.7 Å². The highest BCUT2D eigenvalue weighted by atomic mass is 16.5. The number of fused-ring (bicyclic) bond motifs is 1. The van der Waals surface area contributed by atoms with E-state index >= 15 is 0 Å². The van der Waals surface area contributed by atoms with Gasteiger partial charge in [-0.15, -0.1) is 0 Å². The van der Waals surface area contributed by atoms with Crippen LogP contribution in [0.4, 0.5) is 0 Å². The van der Waals surface area contributed by atoms with E-state index in [4.69, 9.17) is 9.47 Å². The molecule has 0 bridgehead atoms. The Morgan fingerprint density at radius 3 is 2.59 bits per heavy atom. The van der Waals surface area contributed by atoms with E-state index < -0.39 is 6.10 Å². The molecular formula is C21H26N2O4. The van der Waals surface area contributed by atoms with Crippen LogP contribution in [0.5, 0.6) is 11.5 Å². The standard InChI is InChI=1S/C21H26N2O4/c1-26-18-5-2-15(3-6-18)20(9-11-24)23-13-17(25)14-27-19-7-4-16-8-10-22-21(16)12-19/h2-8,10,12,17,20,22-25H,9,11,13-14H2,1H3. The Bertz CT molecular complexity index is 832. The summed E-state index contributed by atoms with van der Waals surface area (Å²) in [4.78, 5) is 3.14. The Balaban J connectivity index is 1.51. The van der Waals surface area contributed by atoms with Crippen LogP contribution >= 0.6 is 0 Å². The minimum atomic E-state index is -0.663. The van der Waals surface area contributed by atoms with Gasteiger partial charge in [0.1, 0.15) is 24.2 Å². The molecule has 27 heavy (non-hydrogen) atoms. The van der Waals surface area contributed by atoms with E-state index in [9.17, 15) is 10.2 Å². The first-order valence-corrected chi connectivity index (χ1v) is 9.06. The van der Waals surface area contributed by atoms with Crippen LogP contribution in [0.1, 0.15) is 18.0 Å². The highest BCUT2D eigenvalue weighted by molar-refractivity contribution is 5.80. The van der Waals surface area contributed by atoms with Crippen molar-refractivity contribution in [1.82, 2.24) is 10.3 Å². The van der Waals surface area contributed by atoms with Crippen LogP contribution < -0.4 is 14.8 Å². The van der Waals surface area contributed by atoms with Crippen molar-refractivity contribution in [2.24, 2.45) is 0 Å². The number of aliphatic hydroxyl groups is 2. The topological polar surface area (TPSA) is 86.7 Å². The maximum atomic E-state index is 10.3. The number of benzene rings is 2. The van der Waals surface area contributed by atoms with Gasteiger partial charge in [0.15, 0.2) is 0 Å². The van der Waals surface area contributed by atoms with E-state index in [2.05, 4.69) is 10.3 Å². The summed E-state index contributed by atoms with van der Waals surface area (Å²) in [6.45, 7) is 0.613. The molecule has 0 aliphatic rings. The molecular weight excluding hydrogens is 344 g/mol. The zero-order valence-corrected chi connectivity index (χ0v) is 15.4. The smallest absolute Gasteiger partial charge is 0.121 e. The molecule has 6 nitrogen and oxygen atoms in total. The lowest BCUT2D eigenvalue weighted by molar-refractivity contribution is 0.102. The number of nitrogens with one attached hydrogen (secondary N) is 2. The van der Waals surface area contributed by atoms with Gasteiger partial charge in [0.2, 0.25) is 0 Å². The minimum absolute atomic E-state index is 0.0502. The highest BCUT2D eigenvalue weighted by Gasteiger charge is 2.14. The van der Waals surface area contributed by atoms with Crippen LogP contribution in [-0.4, -0.2) is 48.2 Å². The molecule has 0 amide bonds. The molecule has 2 atom stereocenters. The van der Waals surface area contributed by atoms with Crippen molar-refractivity contribution in [3.63, 3.8) is 0 Å². The van der Waals surface area contributed by atoms with Gasteiger partial charge in [-0.3, -0.25) is 0 Å². The summed E-state index contributed by atoms with van der Waals surface area (Å²) in [7, 11) is 1.63. The summed E-state index contributed by atoms with van der Waals surface area (Å²) in [6.07, 6.45) is 1.78. The predicted octanol–water partition coefficient (Wildman–Crippen LogP) is 2.63. The highest BCUT2D eigenvalue weighted by Crippen LogP contribution is 2.21. The molecule has 3 aromatic rings. The summed E-state index contributed by atoms with van der Waals surface area (Å²) in [6, 6.07) is 15.4. The van der Waals surface area contributed by atoms with Crippen LogP contribution in [0.15, 0.2) is 54.7 Å². The van der Waals surface area contributed by atoms with E-state index in [1.165, 1.54) is 0 Å². The number of aromatic amines is 1. The molecule has 2 unspecified atom stereocenters. The second kappa shape index (κ2) is 9.41. The molecule has 0 aliphatic carbocycles. The number of hydrogen-bond acceptors (Lipinski definition) is 5. The fourth-order valence-corrected chi connectivity index (χ4v) is 3.00. The second-order valence-electron chi connectivity index (χ2n) is 6.44. The molecule has 0 spiro atoms.